The zero-order valence-electron chi connectivity index (χ0n) is 15.9. The molecule has 0 spiro atoms. The van der Waals surface area contributed by atoms with Gasteiger partial charge in [-0.3, -0.25) is 4.79 Å². The molecule has 8 heteroatoms. The van der Waals surface area contributed by atoms with Gasteiger partial charge in [-0.05, 0) is 54.4 Å². The summed E-state index contributed by atoms with van der Waals surface area (Å²) in [6, 6.07) is 14.9. The molecule has 0 radical (unpaired) electrons. The van der Waals surface area contributed by atoms with Crippen LogP contribution in [0.4, 0.5) is 8.78 Å². The second-order valence-corrected chi connectivity index (χ2v) is 7.83. The average molecular weight is 417 g/mol. The first kappa shape index (κ1) is 19.7. The van der Waals surface area contributed by atoms with Gasteiger partial charge >= 0.3 is 0 Å². The predicted molar refractivity (Wildman–Crippen MR) is 108 cm³/mol. The number of alkyl halides is 2. The van der Waals surface area contributed by atoms with Gasteiger partial charge in [-0.2, -0.15) is 8.78 Å². The molecule has 1 fully saturated rings. The van der Waals surface area contributed by atoms with Crippen LogP contribution in [0.3, 0.4) is 0 Å². The number of aromatic nitrogens is 2. The average Bonchev–Trinajstić information content (AvgIpc) is 3.33. The number of carbonyl (C=O) groups excluding carboxylic acids is 1. The highest BCUT2D eigenvalue weighted by Crippen LogP contribution is 2.34. The summed E-state index contributed by atoms with van der Waals surface area (Å²) < 4.78 is 32.9. The third-order valence-electron chi connectivity index (χ3n) is 5.16. The normalized spacial score (nSPS) is 16.7. The molecule has 0 saturated carbocycles. The summed E-state index contributed by atoms with van der Waals surface area (Å²) in [7, 11) is 1.61. The summed E-state index contributed by atoms with van der Waals surface area (Å²) in [6.45, 7) is 0.626. The van der Waals surface area contributed by atoms with E-state index in [0.717, 1.165) is 24.2 Å². The molecule has 3 aromatic rings. The number of methoxy groups -OCH3 is 1. The Morgan fingerprint density at radius 3 is 2.90 bits per heavy atom. The second kappa shape index (κ2) is 8.41. The fraction of sp³-hybridized carbons (Fsp3) is 0.333. The van der Waals surface area contributed by atoms with Crippen molar-refractivity contribution in [1.29, 1.82) is 0 Å². The van der Waals surface area contributed by atoms with Crippen LogP contribution in [0.5, 0.6) is 5.75 Å². The molecule has 1 atom stereocenters. The number of ether oxygens (including phenoxy) is 1. The maximum atomic E-state index is 13.2. The van der Waals surface area contributed by atoms with Crippen LogP contribution in [0, 0.1) is 0 Å². The molecule has 0 N–H and O–H groups in total. The van der Waals surface area contributed by atoms with Gasteiger partial charge in [0.15, 0.2) is 5.16 Å². The molecule has 1 aromatic heterocycles. The van der Waals surface area contributed by atoms with E-state index in [1.807, 2.05) is 35.2 Å². The van der Waals surface area contributed by atoms with Crippen LogP contribution >= 0.6 is 11.8 Å². The SMILES string of the molecule is COc1cccc(C2CCCN2C(=O)Cn2c(SC(F)F)nc3ccccc32)c1. The minimum atomic E-state index is -2.60. The van der Waals surface area contributed by atoms with Crippen molar-refractivity contribution >= 4 is 28.7 Å². The van der Waals surface area contributed by atoms with Gasteiger partial charge in [0.05, 0.1) is 24.2 Å². The van der Waals surface area contributed by atoms with E-state index in [9.17, 15) is 13.6 Å². The van der Waals surface area contributed by atoms with Gasteiger partial charge in [-0.25, -0.2) is 4.98 Å². The number of fused-ring (bicyclic) bond motifs is 1. The lowest BCUT2D eigenvalue weighted by atomic mass is 10.0. The van der Waals surface area contributed by atoms with E-state index < -0.39 is 5.76 Å². The quantitative estimate of drug-likeness (QED) is 0.545. The van der Waals surface area contributed by atoms with E-state index in [-0.39, 0.29) is 23.7 Å². The number of halogens is 2. The summed E-state index contributed by atoms with van der Waals surface area (Å²) in [5.74, 6) is -1.95. The summed E-state index contributed by atoms with van der Waals surface area (Å²) >= 11 is 0.369. The molecule has 4 rings (SSSR count). The van der Waals surface area contributed by atoms with Crippen molar-refractivity contribution in [3.63, 3.8) is 0 Å². The number of thioether (sulfide) groups is 1. The molecule has 2 heterocycles. The number of rotatable bonds is 6. The first-order valence-corrected chi connectivity index (χ1v) is 10.3. The number of nitrogens with zero attached hydrogens (tertiary/aromatic N) is 3. The molecule has 2 aromatic carbocycles. The third kappa shape index (κ3) is 4.07. The van der Waals surface area contributed by atoms with Crippen LogP contribution in [0.1, 0.15) is 24.4 Å². The minimum Gasteiger partial charge on any atom is -0.497 e. The van der Waals surface area contributed by atoms with Crippen molar-refractivity contribution in [1.82, 2.24) is 14.5 Å². The van der Waals surface area contributed by atoms with Crippen LogP contribution in [-0.2, 0) is 11.3 Å². The molecule has 0 bridgehead atoms. The number of hydrogen-bond acceptors (Lipinski definition) is 4. The molecular weight excluding hydrogens is 396 g/mol. The van der Waals surface area contributed by atoms with Crippen molar-refractivity contribution < 1.29 is 18.3 Å². The lowest BCUT2D eigenvalue weighted by Crippen LogP contribution is -2.33. The lowest BCUT2D eigenvalue weighted by molar-refractivity contribution is -0.132. The predicted octanol–water partition coefficient (Wildman–Crippen LogP) is 4.72. The molecule has 1 amide bonds. The van der Waals surface area contributed by atoms with Gasteiger partial charge in [-0.15, -0.1) is 0 Å². The Hall–Kier alpha value is -2.61. The first-order chi connectivity index (χ1) is 14.1. The summed E-state index contributed by atoms with van der Waals surface area (Å²) in [5.41, 5.74) is 2.31. The molecule has 5 nitrogen and oxygen atoms in total. The van der Waals surface area contributed by atoms with E-state index in [4.69, 9.17) is 4.74 Å². The Morgan fingerprint density at radius 2 is 2.10 bits per heavy atom. The van der Waals surface area contributed by atoms with E-state index in [1.165, 1.54) is 0 Å². The fourth-order valence-corrected chi connectivity index (χ4v) is 4.46. The van der Waals surface area contributed by atoms with Crippen LogP contribution < -0.4 is 4.74 Å². The second-order valence-electron chi connectivity index (χ2n) is 6.87. The van der Waals surface area contributed by atoms with E-state index in [2.05, 4.69) is 4.98 Å². The van der Waals surface area contributed by atoms with Gasteiger partial charge in [0, 0.05) is 6.54 Å². The van der Waals surface area contributed by atoms with Gasteiger partial charge < -0.3 is 14.2 Å². The molecule has 1 aliphatic heterocycles. The molecule has 1 aliphatic rings. The van der Waals surface area contributed by atoms with Crippen molar-refractivity contribution in [2.45, 2.75) is 36.3 Å². The highest BCUT2D eigenvalue weighted by molar-refractivity contribution is 7.99. The highest BCUT2D eigenvalue weighted by Gasteiger charge is 2.31. The number of likely N-dealkylation sites (tertiary alicyclic amines) is 1. The molecule has 1 saturated heterocycles. The van der Waals surface area contributed by atoms with Crippen LogP contribution in [0.15, 0.2) is 53.7 Å². The van der Waals surface area contributed by atoms with Crippen molar-refractivity contribution in [3.8, 4) is 5.75 Å². The fourth-order valence-electron chi connectivity index (χ4n) is 3.86. The Labute approximate surface area is 171 Å². The number of benzene rings is 2. The zero-order valence-corrected chi connectivity index (χ0v) is 16.7. The molecule has 152 valence electrons. The topological polar surface area (TPSA) is 47.4 Å². The van der Waals surface area contributed by atoms with Crippen LogP contribution in [-0.4, -0.2) is 39.8 Å². The Kier molecular flexibility index (Phi) is 5.71. The molecule has 1 unspecified atom stereocenters. The van der Waals surface area contributed by atoms with Crippen molar-refractivity contribution in [2.24, 2.45) is 0 Å². The lowest BCUT2D eigenvalue weighted by Gasteiger charge is -2.26. The smallest absolute Gasteiger partial charge is 0.291 e. The molecular formula is C21H21F2N3O2S. The van der Waals surface area contributed by atoms with E-state index in [0.29, 0.717) is 29.3 Å². The number of amides is 1. The molecule has 29 heavy (non-hydrogen) atoms. The maximum Gasteiger partial charge on any atom is 0.291 e. The van der Waals surface area contributed by atoms with Gasteiger partial charge in [-0.1, -0.05) is 24.3 Å². The van der Waals surface area contributed by atoms with Crippen LogP contribution in [0.25, 0.3) is 11.0 Å². The number of para-hydroxylation sites is 2. The van der Waals surface area contributed by atoms with E-state index >= 15 is 0 Å². The first-order valence-electron chi connectivity index (χ1n) is 9.40. The van der Waals surface area contributed by atoms with Crippen molar-refractivity contribution in [2.75, 3.05) is 13.7 Å². The summed E-state index contributed by atoms with van der Waals surface area (Å²) in [4.78, 5) is 19.3. The Bertz CT molecular complexity index is 1020. The Morgan fingerprint density at radius 1 is 1.28 bits per heavy atom. The van der Waals surface area contributed by atoms with Crippen LogP contribution in [0.2, 0.25) is 0 Å². The number of carbonyl (C=O) groups is 1. The molecule has 0 aliphatic carbocycles. The van der Waals surface area contributed by atoms with Gasteiger partial charge in [0.2, 0.25) is 5.91 Å². The zero-order chi connectivity index (χ0) is 20.4. The number of imidazole rings is 1. The largest absolute Gasteiger partial charge is 0.497 e. The standard InChI is InChI=1S/C21H21F2N3O2S/c1-28-15-7-4-6-14(12-15)17-10-5-11-25(17)19(27)13-26-18-9-3-2-8-16(18)24-21(26)29-20(22)23/h2-4,6-9,12,17,20H,5,10-11,13H2,1H3. The van der Waals surface area contributed by atoms with Gasteiger partial charge in [0.25, 0.3) is 5.76 Å². The summed E-state index contributed by atoms with van der Waals surface area (Å²) in [6.07, 6.45) is 1.76. The highest BCUT2D eigenvalue weighted by atomic mass is 32.2. The van der Waals surface area contributed by atoms with E-state index in [1.54, 1.807) is 29.9 Å². The van der Waals surface area contributed by atoms with Gasteiger partial charge in [0.1, 0.15) is 12.3 Å². The monoisotopic (exact) mass is 417 g/mol. The Balaban J connectivity index is 1.61. The third-order valence-corrected chi connectivity index (χ3v) is 5.86. The van der Waals surface area contributed by atoms with Crippen molar-refractivity contribution in [3.05, 3.63) is 54.1 Å². The maximum absolute atomic E-state index is 13.2. The minimum absolute atomic E-state index is 0.0178. The summed E-state index contributed by atoms with van der Waals surface area (Å²) in [5, 5.41) is 0.159. The number of hydrogen-bond donors (Lipinski definition) is 0.